The molecule has 0 aromatic heterocycles. The molecule has 0 saturated heterocycles. The molecule has 0 amide bonds. The van der Waals surface area contributed by atoms with Gasteiger partial charge in [-0.1, -0.05) is 170 Å². The predicted molar refractivity (Wildman–Crippen MR) is 217 cm³/mol. The SMILES string of the molecule is c1ccc2cc(-c3c4ccccc4c(-c4ccc5c6ccccc6c6c7ccccc7c7ccccc7c6c5c4)c4ccccc34)ccc2c1. The maximum atomic E-state index is 2.48. The molecule has 0 aliphatic carbocycles. The van der Waals surface area contributed by atoms with Crippen LogP contribution in [-0.4, -0.2) is 0 Å². The van der Waals surface area contributed by atoms with Crippen LogP contribution in [0.5, 0.6) is 0 Å². The molecule has 0 bridgehead atoms. The molecule has 11 aromatic rings. The van der Waals surface area contributed by atoms with Gasteiger partial charge in [0.15, 0.2) is 0 Å². The van der Waals surface area contributed by atoms with E-state index in [9.17, 15) is 0 Å². The molecule has 0 aliphatic heterocycles. The minimum atomic E-state index is 1.24. The number of benzene rings is 11. The zero-order valence-electron chi connectivity index (χ0n) is 27.3. The maximum Gasteiger partial charge on any atom is -0.00137 e. The van der Waals surface area contributed by atoms with Crippen LogP contribution in [0.15, 0.2) is 182 Å². The fourth-order valence-electron chi connectivity index (χ4n) is 8.87. The maximum absolute atomic E-state index is 2.48. The zero-order chi connectivity index (χ0) is 32.8. The molecule has 0 nitrogen and oxygen atoms in total. The number of hydrogen-bond acceptors (Lipinski definition) is 0. The van der Waals surface area contributed by atoms with Gasteiger partial charge in [-0.2, -0.15) is 0 Å². The molecule has 11 aromatic carbocycles. The number of rotatable bonds is 2. The predicted octanol–water partition coefficient (Wildman–Crippen LogP) is 14.2. The van der Waals surface area contributed by atoms with E-state index in [-0.39, 0.29) is 0 Å². The van der Waals surface area contributed by atoms with E-state index in [1.54, 1.807) is 0 Å². The lowest BCUT2D eigenvalue weighted by Crippen LogP contribution is -1.92. The number of hydrogen-bond donors (Lipinski definition) is 0. The Bertz CT molecular complexity index is 3130. The Balaban J connectivity index is 1.30. The van der Waals surface area contributed by atoms with E-state index in [0.29, 0.717) is 0 Å². The van der Waals surface area contributed by atoms with Crippen molar-refractivity contribution in [1.82, 2.24) is 0 Å². The largest absolute Gasteiger partial charge is 0.0616 e. The van der Waals surface area contributed by atoms with Gasteiger partial charge in [-0.3, -0.25) is 0 Å². The molecule has 0 saturated carbocycles. The summed E-state index contributed by atoms with van der Waals surface area (Å²) in [6.07, 6.45) is 0. The zero-order valence-corrected chi connectivity index (χ0v) is 27.3. The van der Waals surface area contributed by atoms with Gasteiger partial charge in [0.2, 0.25) is 0 Å². The minimum absolute atomic E-state index is 1.24. The molecule has 0 aliphatic rings. The molecule has 50 heavy (non-hydrogen) atoms. The fraction of sp³-hybridized carbons (Fsp3) is 0. The molecular weight excluding hydrogens is 601 g/mol. The van der Waals surface area contributed by atoms with E-state index in [0.717, 1.165) is 0 Å². The van der Waals surface area contributed by atoms with Crippen LogP contribution in [0.25, 0.3) is 108 Å². The van der Waals surface area contributed by atoms with Gasteiger partial charge in [0.05, 0.1) is 0 Å². The molecule has 0 spiro atoms. The first-order valence-electron chi connectivity index (χ1n) is 17.4. The highest BCUT2D eigenvalue weighted by molar-refractivity contribution is 6.39. The first kappa shape index (κ1) is 27.5. The third-order valence-electron chi connectivity index (χ3n) is 11.0. The van der Waals surface area contributed by atoms with Crippen LogP contribution in [0.4, 0.5) is 0 Å². The quantitative estimate of drug-likeness (QED) is 0.132. The van der Waals surface area contributed by atoms with E-state index in [1.165, 1.54) is 108 Å². The Morgan fingerprint density at radius 3 is 1.04 bits per heavy atom. The normalized spacial score (nSPS) is 12.0. The van der Waals surface area contributed by atoms with E-state index >= 15 is 0 Å². The van der Waals surface area contributed by atoms with Gasteiger partial charge < -0.3 is 0 Å². The second-order valence-corrected chi connectivity index (χ2v) is 13.6. The lowest BCUT2D eigenvalue weighted by Gasteiger charge is -2.20. The first-order valence-corrected chi connectivity index (χ1v) is 17.4. The highest BCUT2D eigenvalue weighted by atomic mass is 14.2. The molecule has 230 valence electrons. The smallest absolute Gasteiger partial charge is 0.00137 e. The average molecular weight is 631 g/mol. The van der Waals surface area contributed by atoms with Gasteiger partial charge in [-0.05, 0) is 121 Å². The van der Waals surface area contributed by atoms with Crippen molar-refractivity contribution in [2.45, 2.75) is 0 Å². The average Bonchev–Trinajstić information content (AvgIpc) is 3.19. The van der Waals surface area contributed by atoms with E-state index in [4.69, 9.17) is 0 Å². The second-order valence-electron chi connectivity index (χ2n) is 13.6. The van der Waals surface area contributed by atoms with Crippen LogP contribution in [-0.2, 0) is 0 Å². The van der Waals surface area contributed by atoms with Crippen molar-refractivity contribution in [1.29, 1.82) is 0 Å². The van der Waals surface area contributed by atoms with Crippen LogP contribution in [0, 0.1) is 0 Å². The first-order chi connectivity index (χ1) is 24.8. The highest BCUT2D eigenvalue weighted by Crippen LogP contribution is 2.48. The van der Waals surface area contributed by atoms with Crippen LogP contribution < -0.4 is 0 Å². The van der Waals surface area contributed by atoms with E-state index in [2.05, 4.69) is 182 Å². The molecule has 0 radical (unpaired) electrons. The molecule has 0 unspecified atom stereocenters. The molecule has 0 heteroatoms. The third kappa shape index (κ3) is 3.82. The topological polar surface area (TPSA) is 0 Å². The van der Waals surface area contributed by atoms with Gasteiger partial charge >= 0.3 is 0 Å². The van der Waals surface area contributed by atoms with Crippen LogP contribution in [0.1, 0.15) is 0 Å². The Hall–Kier alpha value is -6.50. The fourth-order valence-corrected chi connectivity index (χ4v) is 8.87. The van der Waals surface area contributed by atoms with E-state index in [1.807, 2.05) is 0 Å². The van der Waals surface area contributed by atoms with Crippen LogP contribution >= 0.6 is 0 Å². The summed E-state index contributed by atoms with van der Waals surface area (Å²) in [5, 5.41) is 20.7. The standard InChI is InChI=1S/C50H30/c1-2-14-32-29-33(26-25-31(32)13-1)47-42-21-9-11-23-44(42)48(45-24-12-10-22-43(45)47)34-27-28-38-37-17-5-7-19-40(37)49-39-18-6-3-15-35(39)36-16-4-8-20-41(36)50(49)46(38)30-34/h1-30H. The van der Waals surface area contributed by atoms with Gasteiger partial charge in [0.25, 0.3) is 0 Å². The summed E-state index contributed by atoms with van der Waals surface area (Å²) in [7, 11) is 0. The van der Waals surface area contributed by atoms with Crippen molar-refractivity contribution in [3.05, 3.63) is 182 Å². The summed E-state index contributed by atoms with van der Waals surface area (Å²) in [5.74, 6) is 0. The lowest BCUT2D eigenvalue weighted by molar-refractivity contribution is 1.68. The summed E-state index contributed by atoms with van der Waals surface area (Å²) in [5.41, 5.74) is 5.06. The summed E-state index contributed by atoms with van der Waals surface area (Å²) < 4.78 is 0. The third-order valence-corrected chi connectivity index (χ3v) is 11.0. The summed E-state index contributed by atoms with van der Waals surface area (Å²) in [6, 6.07) is 67.6. The molecular formula is C50H30. The van der Waals surface area contributed by atoms with Crippen LogP contribution in [0.3, 0.4) is 0 Å². The molecule has 11 rings (SSSR count). The minimum Gasteiger partial charge on any atom is -0.0616 e. The Morgan fingerprint density at radius 2 is 0.540 bits per heavy atom. The lowest BCUT2D eigenvalue weighted by atomic mass is 9.83. The van der Waals surface area contributed by atoms with Crippen LogP contribution in [0.2, 0.25) is 0 Å². The van der Waals surface area contributed by atoms with Crippen molar-refractivity contribution in [2.75, 3.05) is 0 Å². The van der Waals surface area contributed by atoms with Crippen molar-refractivity contribution in [3.8, 4) is 22.3 Å². The van der Waals surface area contributed by atoms with Gasteiger partial charge in [0.1, 0.15) is 0 Å². The van der Waals surface area contributed by atoms with Crippen molar-refractivity contribution < 1.29 is 0 Å². The highest BCUT2D eigenvalue weighted by Gasteiger charge is 2.20. The molecule has 0 fully saturated rings. The van der Waals surface area contributed by atoms with Gasteiger partial charge in [-0.15, -0.1) is 0 Å². The Kier molecular flexibility index (Phi) is 5.76. The van der Waals surface area contributed by atoms with Crippen molar-refractivity contribution in [2.24, 2.45) is 0 Å². The van der Waals surface area contributed by atoms with Gasteiger partial charge in [-0.25, -0.2) is 0 Å². The molecule has 0 atom stereocenters. The Morgan fingerprint density at radius 1 is 0.200 bits per heavy atom. The van der Waals surface area contributed by atoms with Crippen molar-refractivity contribution in [3.63, 3.8) is 0 Å². The summed E-state index contributed by atoms with van der Waals surface area (Å²) in [6.45, 7) is 0. The van der Waals surface area contributed by atoms with E-state index < -0.39 is 0 Å². The van der Waals surface area contributed by atoms with Gasteiger partial charge in [0, 0.05) is 0 Å². The summed E-state index contributed by atoms with van der Waals surface area (Å²) >= 11 is 0. The number of fused-ring (bicyclic) bond motifs is 14. The molecule has 0 N–H and O–H groups in total. The van der Waals surface area contributed by atoms with Crippen molar-refractivity contribution >= 4 is 86.2 Å². The second kappa shape index (κ2) is 10.5. The Labute approximate surface area is 289 Å². The monoisotopic (exact) mass is 630 g/mol. The molecule has 0 heterocycles. The summed E-state index contributed by atoms with van der Waals surface area (Å²) in [4.78, 5) is 0.